The summed E-state index contributed by atoms with van der Waals surface area (Å²) in [6, 6.07) is 7.83. The third kappa shape index (κ3) is 6.12. The van der Waals surface area contributed by atoms with Crippen molar-refractivity contribution in [2.24, 2.45) is 11.7 Å². The van der Waals surface area contributed by atoms with Gasteiger partial charge >= 0.3 is 6.09 Å². The molecule has 1 aliphatic carbocycles. The van der Waals surface area contributed by atoms with E-state index in [1.807, 2.05) is 32.1 Å². The van der Waals surface area contributed by atoms with Gasteiger partial charge in [0.15, 0.2) is 0 Å². The molecule has 3 rings (SSSR count). The molecule has 1 saturated carbocycles. The minimum atomic E-state index is -0.492. The van der Waals surface area contributed by atoms with Gasteiger partial charge in [-0.1, -0.05) is 31.6 Å². The van der Waals surface area contributed by atoms with E-state index in [2.05, 4.69) is 37.9 Å². The fourth-order valence-electron chi connectivity index (χ4n) is 5.24. The maximum absolute atomic E-state index is 12.0. The Kier molecular flexibility index (Phi) is 7.69. The molecule has 2 aliphatic rings. The van der Waals surface area contributed by atoms with Crippen molar-refractivity contribution in [3.63, 3.8) is 0 Å². The van der Waals surface area contributed by atoms with Crippen molar-refractivity contribution >= 4 is 6.09 Å². The van der Waals surface area contributed by atoms with Crippen LogP contribution in [0.3, 0.4) is 0 Å². The van der Waals surface area contributed by atoms with Gasteiger partial charge in [0, 0.05) is 18.5 Å². The normalized spacial score (nSPS) is 29.0. The lowest BCUT2D eigenvalue weighted by Gasteiger charge is -2.37. The van der Waals surface area contributed by atoms with E-state index in [1.54, 1.807) is 0 Å². The van der Waals surface area contributed by atoms with Gasteiger partial charge < -0.3 is 15.8 Å². The van der Waals surface area contributed by atoms with E-state index in [0.29, 0.717) is 24.1 Å². The first kappa shape index (κ1) is 24.7. The summed E-state index contributed by atoms with van der Waals surface area (Å²) in [7, 11) is 0. The number of carbonyl (C=O) groups excluding carboxylic acids is 1. The van der Waals surface area contributed by atoms with Crippen LogP contribution in [0.5, 0.6) is 5.75 Å². The topological polar surface area (TPSA) is 82.8 Å². The number of nitrogens with two attached hydrogens (primary N) is 1. The maximum Gasteiger partial charge on any atom is 0.412 e. The number of hydrogen-bond acceptors (Lipinski definition) is 5. The standard InChI is InChI=1S/C26H40N2O4/c1-6-9-21(7-2)25(5)17-26(32-31-25)15-8-10-20(16-26)19-11-13-22(14-12-19)30-23(29)28-18-24(3,4)27/h6,11-14,20-21H,1,7-10,15-18,27H2,2-5H3,(H,28,29)/t20-,21?,25+,26-/m1/s1. The third-order valence-electron chi connectivity index (χ3n) is 6.94. The fourth-order valence-corrected chi connectivity index (χ4v) is 5.24. The zero-order chi connectivity index (χ0) is 23.4. The quantitative estimate of drug-likeness (QED) is 0.401. The molecule has 1 amide bonds. The van der Waals surface area contributed by atoms with Crippen LogP contribution in [0.4, 0.5) is 4.79 Å². The molecule has 1 spiro atoms. The van der Waals surface area contributed by atoms with E-state index in [9.17, 15) is 4.79 Å². The lowest BCUT2D eigenvalue weighted by Crippen LogP contribution is -2.45. The maximum atomic E-state index is 12.0. The molecule has 1 aromatic rings. The van der Waals surface area contributed by atoms with Gasteiger partial charge in [-0.3, -0.25) is 0 Å². The van der Waals surface area contributed by atoms with Crippen LogP contribution in [-0.2, 0) is 9.78 Å². The molecule has 1 saturated heterocycles. The summed E-state index contributed by atoms with van der Waals surface area (Å²) in [6.45, 7) is 12.4. The molecule has 1 aromatic carbocycles. The molecule has 1 unspecified atom stereocenters. The van der Waals surface area contributed by atoms with E-state index in [1.165, 1.54) is 5.56 Å². The second-order valence-electron chi connectivity index (χ2n) is 10.6. The third-order valence-corrected chi connectivity index (χ3v) is 6.94. The number of ether oxygens (including phenoxy) is 1. The fraction of sp³-hybridized carbons (Fsp3) is 0.654. The van der Waals surface area contributed by atoms with E-state index in [4.69, 9.17) is 20.2 Å². The molecule has 0 aromatic heterocycles. The highest BCUT2D eigenvalue weighted by Gasteiger charge is 2.53. The zero-order valence-electron chi connectivity index (χ0n) is 20.1. The first-order chi connectivity index (χ1) is 15.1. The van der Waals surface area contributed by atoms with Crippen LogP contribution in [0.2, 0.25) is 0 Å². The van der Waals surface area contributed by atoms with Gasteiger partial charge in [-0.15, -0.1) is 6.58 Å². The van der Waals surface area contributed by atoms with Crippen LogP contribution >= 0.6 is 0 Å². The van der Waals surface area contributed by atoms with Crippen molar-refractivity contribution in [2.75, 3.05) is 6.54 Å². The van der Waals surface area contributed by atoms with Gasteiger partial charge in [0.25, 0.3) is 0 Å². The van der Waals surface area contributed by atoms with Crippen LogP contribution in [0.1, 0.15) is 84.1 Å². The first-order valence-electron chi connectivity index (χ1n) is 11.9. The number of carbonyl (C=O) groups is 1. The number of amides is 1. The van der Waals surface area contributed by atoms with Crippen LogP contribution in [-0.4, -0.2) is 29.4 Å². The summed E-state index contributed by atoms with van der Waals surface area (Å²) < 4.78 is 5.38. The van der Waals surface area contributed by atoms with Gasteiger partial charge in [-0.2, -0.15) is 0 Å². The minimum Gasteiger partial charge on any atom is -0.410 e. The van der Waals surface area contributed by atoms with Crippen molar-refractivity contribution in [1.82, 2.24) is 5.32 Å². The van der Waals surface area contributed by atoms with E-state index >= 15 is 0 Å². The highest BCUT2D eigenvalue weighted by atomic mass is 17.2. The van der Waals surface area contributed by atoms with E-state index in [0.717, 1.165) is 44.9 Å². The lowest BCUT2D eigenvalue weighted by atomic mass is 9.69. The largest absolute Gasteiger partial charge is 0.412 e. The van der Waals surface area contributed by atoms with E-state index in [-0.39, 0.29) is 11.2 Å². The van der Waals surface area contributed by atoms with Crippen molar-refractivity contribution in [2.45, 2.75) is 95.3 Å². The minimum absolute atomic E-state index is 0.226. The number of allylic oxidation sites excluding steroid dienone is 1. The average Bonchev–Trinajstić information content (AvgIpc) is 3.07. The number of rotatable bonds is 8. The van der Waals surface area contributed by atoms with Crippen molar-refractivity contribution in [3.05, 3.63) is 42.5 Å². The SMILES string of the molecule is C=CCC(CC)[C@]1(C)C[C@]2(CCC[C@@H](c3ccc(OC(=O)NCC(C)(C)N)cc3)C2)OO1. The average molecular weight is 445 g/mol. The monoisotopic (exact) mass is 444 g/mol. The highest BCUT2D eigenvalue weighted by Crippen LogP contribution is 2.52. The van der Waals surface area contributed by atoms with E-state index < -0.39 is 11.6 Å². The molecule has 0 radical (unpaired) electrons. The Balaban J connectivity index is 1.61. The van der Waals surface area contributed by atoms with Gasteiger partial charge in [-0.25, -0.2) is 14.6 Å². The van der Waals surface area contributed by atoms with Crippen LogP contribution < -0.4 is 15.8 Å². The Labute approximate surface area is 192 Å². The predicted molar refractivity (Wildman–Crippen MR) is 126 cm³/mol. The van der Waals surface area contributed by atoms with Crippen LogP contribution in [0, 0.1) is 5.92 Å². The Hall–Kier alpha value is -1.89. The number of hydrogen-bond donors (Lipinski definition) is 2. The second-order valence-corrected chi connectivity index (χ2v) is 10.6. The molecule has 1 aliphatic heterocycles. The van der Waals surface area contributed by atoms with Crippen molar-refractivity contribution < 1.29 is 19.3 Å². The summed E-state index contributed by atoms with van der Waals surface area (Å²) in [5.74, 6) is 1.33. The molecule has 6 heteroatoms. The lowest BCUT2D eigenvalue weighted by molar-refractivity contribution is -0.359. The number of nitrogens with one attached hydrogen (secondary N) is 1. The molecule has 0 bridgehead atoms. The molecule has 3 N–H and O–H groups in total. The molecule has 32 heavy (non-hydrogen) atoms. The summed E-state index contributed by atoms with van der Waals surface area (Å²) >= 11 is 0. The Bertz CT molecular complexity index is 788. The van der Waals surface area contributed by atoms with Crippen LogP contribution in [0.15, 0.2) is 36.9 Å². The smallest absolute Gasteiger partial charge is 0.410 e. The van der Waals surface area contributed by atoms with Gasteiger partial charge in [0.05, 0.1) is 0 Å². The highest BCUT2D eigenvalue weighted by molar-refractivity contribution is 5.70. The second kappa shape index (κ2) is 9.94. The van der Waals surface area contributed by atoms with Crippen molar-refractivity contribution in [3.8, 4) is 5.75 Å². The molecule has 6 nitrogen and oxygen atoms in total. The summed E-state index contributed by atoms with van der Waals surface area (Å²) in [4.78, 5) is 24.1. The zero-order valence-corrected chi connectivity index (χ0v) is 20.1. The van der Waals surface area contributed by atoms with Crippen molar-refractivity contribution in [1.29, 1.82) is 0 Å². The van der Waals surface area contributed by atoms with Crippen LogP contribution in [0.25, 0.3) is 0 Å². The molecule has 2 fully saturated rings. The molecule has 178 valence electrons. The Morgan fingerprint density at radius 2 is 2.09 bits per heavy atom. The molecular formula is C26H40N2O4. The van der Waals surface area contributed by atoms with Gasteiger partial charge in [0.2, 0.25) is 0 Å². The Morgan fingerprint density at radius 1 is 1.38 bits per heavy atom. The molecular weight excluding hydrogens is 404 g/mol. The molecule has 4 atom stereocenters. The number of benzene rings is 1. The molecule has 1 heterocycles. The summed E-state index contributed by atoms with van der Waals surface area (Å²) in [6.07, 6.45) is 8.60. The van der Waals surface area contributed by atoms with Gasteiger partial charge in [0.1, 0.15) is 17.0 Å². The summed E-state index contributed by atoms with van der Waals surface area (Å²) in [5.41, 5.74) is 6.16. The van der Waals surface area contributed by atoms with Gasteiger partial charge in [-0.05, 0) is 82.4 Å². The Morgan fingerprint density at radius 3 is 2.72 bits per heavy atom. The predicted octanol–water partition coefficient (Wildman–Crippen LogP) is 5.62. The summed E-state index contributed by atoms with van der Waals surface area (Å²) in [5, 5.41) is 2.69. The first-order valence-corrected chi connectivity index (χ1v) is 11.9.